The third-order valence-corrected chi connectivity index (χ3v) is 5.24. The summed E-state index contributed by atoms with van der Waals surface area (Å²) in [6.45, 7) is 4.12. The van der Waals surface area contributed by atoms with Crippen molar-refractivity contribution in [2.24, 2.45) is 0 Å². The first-order valence-electron chi connectivity index (χ1n) is 3.30. The summed E-state index contributed by atoms with van der Waals surface area (Å²) in [4.78, 5) is 0. The van der Waals surface area contributed by atoms with Crippen LogP contribution in [0, 0.1) is 13.8 Å². The Morgan fingerprint density at radius 3 is 2.27 bits per heavy atom. The van der Waals surface area contributed by atoms with Gasteiger partial charge in [0.25, 0.3) is 0 Å². The maximum atomic E-state index is 5.87. The number of benzene rings is 1. The van der Waals surface area contributed by atoms with Gasteiger partial charge in [-0.05, 0) is 0 Å². The van der Waals surface area contributed by atoms with Gasteiger partial charge in [0.1, 0.15) is 0 Å². The van der Waals surface area contributed by atoms with E-state index in [0.717, 1.165) is 4.35 Å². The summed E-state index contributed by atoms with van der Waals surface area (Å²) in [5.41, 5.74) is 2.48. The number of aryl methyl sites for hydroxylation is 2. The second-order valence-electron chi connectivity index (χ2n) is 2.52. The molecular formula is C8H9AsCl2. The predicted octanol–water partition coefficient (Wildman–Crippen LogP) is 2.48. The Labute approximate surface area is 80.1 Å². The second-order valence-corrected chi connectivity index (χ2v) is 8.92. The Morgan fingerprint density at radius 1 is 1.18 bits per heavy atom. The molecule has 0 saturated carbocycles. The minimum absolute atomic E-state index is 1.14. The summed E-state index contributed by atoms with van der Waals surface area (Å²) in [7, 11) is 11.7. The molecule has 0 nitrogen and oxygen atoms in total. The van der Waals surface area contributed by atoms with Gasteiger partial charge in [0.15, 0.2) is 0 Å². The van der Waals surface area contributed by atoms with Crippen LogP contribution in [0.15, 0.2) is 18.2 Å². The van der Waals surface area contributed by atoms with Gasteiger partial charge in [0.2, 0.25) is 0 Å². The summed E-state index contributed by atoms with van der Waals surface area (Å²) in [6.07, 6.45) is 0. The van der Waals surface area contributed by atoms with E-state index >= 15 is 0 Å². The van der Waals surface area contributed by atoms with Gasteiger partial charge in [0.05, 0.1) is 0 Å². The van der Waals surface area contributed by atoms with E-state index in [-0.39, 0.29) is 0 Å². The average Bonchev–Trinajstić information content (AvgIpc) is 1.85. The van der Waals surface area contributed by atoms with Crippen molar-refractivity contribution in [3.63, 3.8) is 0 Å². The van der Waals surface area contributed by atoms with E-state index in [2.05, 4.69) is 26.0 Å². The first kappa shape index (κ1) is 9.45. The van der Waals surface area contributed by atoms with Crippen LogP contribution in [-0.4, -0.2) is 12.8 Å². The van der Waals surface area contributed by atoms with Crippen LogP contribution < -0.4 is 4.35 Å². The Bertz CT molecular complexity index is 258. The summed E-state index contributed by atoms with van der Waals surface area (Å²) < 4.78 is 1.14. The zero-order chi connectivity index (χ0) is 8.43. The van der Waals surface area contributed by atoms with E-state index in [1.165, 1.54) is 11.1 Å². The fourth-order valence-corrected chi connectivity index (χ4v) is 4.05. The third-order valence-electron chi connectivity index (χ3n) is 1.53. The van der Waals surface area contributed by atoms with E-state index in [0.29, 0.717) is 0 Å². The van der Waals surface area contributed by atoms with Gasteiger partial charge in [-0.15, -0.1) is 0 Å². The molecule has 60 valence electrons. The second kappa shape index (κ2) is 3.85. The quantitative estimate of drug-likeness (QED) is 0.672. The first-order chi connectivity index (χ1) is 5.11. The van der Waals surface area contributed by atoms with Crippen molar-refractivity contribution in [2.75, 3.05) is 0 Å². The van der Waals surface area contributed by atoms with Crippen LogP contribution in [0.3, 0.4) is 0 Å². The normalized spacial score (nSPS) is 10.6. The van der Waals surface area contributed by atoms with Crippen LogP contribution in [0.4, 0.5) is 0 Å². The van der Waals surface area contributed by atoms with Crippen molar-refractivity contribution < 1.29 is 0 Å². The number of rotatable bonds is 1. The van der Waals surface area contributed by atoms with Crippen LogP contribution >= 0.6 is 19.9 Å². The molecule has 3 heteroatoms. The molecule has 0 atom stereocenters. The van der Waals surface area contributed by atoms with E-state index in [1.54, 1.807) is 0 Å². The van der Waals surface area contributed by atoms with Gasteiger partial charge in [-0.1, -0.05) is 0 Å². The van der Waals surface area contributed by atoms with Gasteiger partial charge < -0.3 is 0 Å². The predicted molar refractivity (Wildman–Crippen MR) is 53.0 cm³/mol. The SMILES string of the molecule is Cc1ccc([As](Cl)Cl)c(C)c1. The van der Waals surface area contributed by atoms with Gasteiger partial charge in [-0.2, -0.15) is 0 Å². The number of hydrogen-bond acceptors (Lipinski definition) is 0. The first-order valence-corrected chi connectivity index (χ1v) is 9.17. The van der Waals surface area contributed by atoms with E-state index in [4.69, 9.17) is 19.9 Å². The fourth-order valence-electron chi connectivity index (χ4n) is 0.995. The Hall–Kier alpha value is 0.358. The van der Waals surface area contributed by atoms with Gasteiger partial charge in [-0.25, -0.2) is 0 Å². The maximum absolute atomic E-state index is 5.87. The molecule has 1 rings (SSSR count). The molecule has 0 unspecified atom stereocenters. The molecule has 0 aliphatic carbocycles. The Morgan fingerprint density at radius 2 is 1.82 bits per heavy atom. The zero-order valence-electron chi connectivity index (χ0n) is 6.44. The van der Waals surface area contributed by atoms with Gasteiger partial charge in [0, 0.05) is 0 Å². The molecule has 0 fully saturated rings. The topological polar surface area (TPSA) is 0 Å². The molecule has 11 heavy (non-hydrogen) atoms. The molecule has 1 aromatic rings. The van der Waals surface area contributed by atoms with E-state index in [9.17, 15) is 0 Å². The standard InChI is InChI=1S/C8H9AsCl2/c1-6-3-4-8(9(10)11)7(2)5-6/h3-5H,1-2H3. The van der Waals surface area contributed by atoms with Crippen molar-refractivity contribution in [3.8, 4) is 0 Å². The van der Waals surface area contributed by atoms with Crippen molar-refractivity contribution in [1.29, 1.82) is 0 Å². The molecule has 0 saturated heterocycles. The summed E-state index contributed by atoms with van der Waals surface area (Å²) >= 11 is -1.71. The zero-order valence-corrected chi connectivity index (χ0v) is 9.82. The molecule has 0 amide bonds. The molecule has 0 aromatic heterocycles. The average molecular weight is 251 g/mol. The molecule has 0 heterocycles. The number of hydrogen-bond donors (Lipinski definition) is 0. The van der Waals surface area contributed by atoms with Crippen molar-refractivity contribution in [1.82, 2.24) is 0 Å². The van der Waals surface area contributed by atoms with Gasteiger partial charge in [-0.3, -0.25) is 0 Å². The number of halogens is 2. The molecule has 0 bridgehead atoms. The van der Waals surface area contributed by atoms with Crippen LogP contribution in [0.5, 0.6) is 0 Å². The fraction of sp³-hybridized carbons (Fsp3) is 0.250. The minimum atomic E-state index is -1.71. The molecule has 0 N–H and O–H groups in total. The molecular weight excluding hydrogens is 242 g/mol. The van der Waals surface area contributed by atoms with E-state index in [1.807, 2.05) is 6.07 Å². The van der Waals surface area contributed by atoms with Crippen LogP contribution in [0.2, 0.25) is 0 Å². The van der Waals surface area contributed by atoms with Crippen LogP contribution in [0.25, 0.3) is 0 Å². The molecule has 1 aromatic carbocycles. The Kier molecular flexibility index (Phi) is 3.30. The molecule has 0 aliphatic rings. The monoisotopic (exact) mass is 250 g/mol. The van der Waals surface area contributed by atoms with Gasteiger partial charge >= 0.3 is 80.2 Å². The van der Waals surface area contributed by atoms with Crippen molar-refractivity contribution in [2.45, 2.75) is 13.8 Å². The summed E-state index contributed by atoms with van der Waals surface area (Å²) in [5, 5.41) is 0. The third kappa shape index (κ3) is 2.40. The van der Waals surface area contributed by atoms with E-state index < -0.39 is 12.8 Å². The van der Waals surface area contributed by atoms with Crippen LogP contribution in [-0.2, 0) is 0 Å². The Balaban J connectivity index is 3.09. The molecule has 0 spiro atoms. The van der Waals surface area contributed by atoms with Crippen molar-refractivity contribution >= 4 is 37.0 Å². The molecule has 0 radical (unpaired) electrons. The summed E-state index contributed by atoms with van der Waals surface area (Å²) in [6, 6.07) is 6.20. The molecule has 0 aliphatic heterocycles. The summed E-state index contributed by atoms with van der Waals surface area (Å²) in [5.74, 6) is 0. The van der Waals surface area contributed by atoms with Crippen LogP contribution in [0.1, 0.15) is 11.1 Å². The van der Waals surface area contributed by atoms with Crippen molar-refractivity contribution in [3.05, 3.63) is 29.3 Å².